The van der Waals surface area contributed by atoms with E-state index in [1.165, 1.54) is 12.1 Å². The first-order chi connectivity index (χ1) is 8.88. The number of carbonyl (C=O) groups is 1. The lowest BCUT2D eigenvalue weighted by atomic mass is 10.3. The molecule has 0 aliphatic heterocycles. The molecule has 0 aromatic heterocycles. The van der Waals surface area contributed by atoms with Gasteiger partial charge in [0.25, 0.3) is 6.43 Å². The van der Waals surface area contributed by atoms with Crippen LogP contribution in [0.15, 0.2) is 18.2 Å². The number of alkyl halides is 4. The summed E-state index contributed by atoms with van der Waals surface area (Å²) in [5.41, 5.74) is 0.0758. The van der Waals surface area contributed by atoms with E-state index in [2.05, 4.69) is 10.1 Å². The Morgan fingerprint density at radius 3 is 2.58 bits per heavy atom. The first-order valence-electron chi connectivity index (χ1n) is 4.96. The maximum absolute atomic E-state index is 12.0. The van der Waals surface area contributed by atoms with Crippen molar-refractivity contribution in [3.05, 3.63) is 23.2 Å². The van der Waals surface area contributed by atoms with Crippen molar-refractivity contribution in [2.75, 3.05) is 11.9 Å². The van der Waals surface area contributed by atoms with Gasteiger partial charge in [-0.3, -0.25) is 0 Å². The highest BCUT2D eigenvalue weighted by Gasteiger charge is 2.11. The fourth-order valence-electron chi connectivity index (χ4n) is 1.11. The molecular formula is C10H9ClF4N2O2. The van der Waals surface area contributed by atoms with Crippen LogP contribution in [-0.4, -0.2) is 25.6 Å². The van der Waals surface area contributed by atoms with Crippen molar-refractivity contribution in [1.82, 2.24) is 5.32 Å². The molecule has 0 saturated carbocycles. The first kappa shape index (κ1) is 15.4. The zero-order chi connectivity index (χ0) is 14.4. The smallest absolute Gasteiger partial charge is 0.387 e. The molecule has 106 valence electrons. The van der Waals surface area contributed by atoms with Gasteiger partial charge >= 0.3 is 12.6 Å². The summed E-state index contributed by atoms with van der Waals surface area (Å²) in [5, 5.41) is 3.98. The summed E-state index contributed by atoms with van der Waals surface area (Å²) in [4.78, 5) is 11.2. The number of amides is 2. The van der Waals surface area contributed by atoms with E-state index in [4.69, 9.17) is 11.6 Å². The molecular weight excluding hydrogens is 292 g/mol. The zero-order valence-electron chi connectivity index (χ0n) is 9.30. The molecule has 0 radical (unpaired) electrons. The lowest BCUT2D eigenvalue weighted by molar-refractivity contribution is -0.0497. The largest absolute Gasteiger partial charge is 0.433 e. The second kappa shape index (κ2) is 7.03. The van der Waals surface area contributed by atoms with E-state index in [0.29, 0.717) is 0 Å². The van der Waals surface area contributed by atoms with Gasteiger partial charge < -0.3 is 15.4 Å². The molecule has 2 amide bonds. The molecule has 1 rings (SSSR count). The molecule has 0 heterocycles. The Kier molecular flexibility index (Phi) is 5.68. The Bertz CT molecular complexity index is 446. The maximum atomic E-state index is 12.0. The van der Waals surface area contributed by atoms with Crippen LogP contribution in [0.4, 0.5) is 28.0 Å². The normalized spacial score (nSPS) is 10.7. The summed E-state index contributed by atoms with van der Waals surface area (Å²) in [6.45, 7) is -3.89. The number of ether oxygens (including phenoxy) is 1. The van der Waals surface area contributed by atoms with Crippen LogP contribution in [0.2, 0.25) is 5.02 Å². The molecule has 4 nitrogen and oxygen atoms in total. The fourth-order valence-corrected chi connectivity index (χ4v) is 1.27. The van der Waals surface area contributed by atoms with Crippen molar-refractivity contribution in [1.29, 1.82) is 0 Å². The number of nitrogens with one attached hydrogen (secondary N) is 2. The third-order valence-corrected chi connectivity index (χ3v) is 2.13. The highest BCUT2D eigenvalue weighted by molar-refractivity contribution is 6.32. The first-order valence-corrected chi connectivity index (χ1v) is 5.33. The van der Waals surface area contributed by atoms with E-state index >= 15 is 0 Å². The van der Waals surface area contributed by atoms with E-state index in [-0.39, 0.29) is 16.5 Å². The Labute approximate surface area is 110 Å². The summed E-state index contributed by atoms with van der Waals surface area (Å²) in [7, 11) is 0. The Morgan fingerprint density at radius 1 is 1.32 bits per heavy atom. The SMILES string of the molecule is O=C(NCC(F)F)Nc1ccc(Cl)c(OC(F)F)c1. The van der Waals surface area contributed by atoms with E-state index in [1.54, 1.807) is 0 Å². The van der Waals surface area contributed by atoms with Gasteiger partial charge in [0.15, 0.2) is 0 Å². The number of halogens is 5. The van der Waals surface area contributed by atoms with E-state index in [9.17, 15) is 22.4 Å². The summed E-state index contributed by atoms with van der Waals surface area (Å²) in [6.07, 6.45) is -2.69. The van der Waals surface area contributed by atoms with Crippen molar-refractivity contribution in [3.8, 4) is 5.75 Å². The topological polar surface area (TPSA) is 50.4 Å². The molecule has 0 aliphatic carbocycles. The van der Waals surface area contributed by atoms with E-state index in [0.717, 1.165) is 6.07 Å². The van der Waals surface area contributed by atoms with Crippen molar-refractivity contribution in [2.24, 2.45) is 0 Å². The second-order valence-electron chi connectivity index (χ2n) is 3.25. The van der Waals surface area contributed by atoms with Crippen LogP contribution < -0.4 is 15.4 Å². The van der Waals surface area contributed by atoms with Gasteiger partial charge in [-0.2, -0.15) is 8.78 Å². The van der Waals surface area contributed by atoms with Gasteiger partial charge in [-0.15, -0.1) is 0 Å². The van der Waals surface area contributed by atoms with Crippen molar-refractivity contribution < 1.29 is 27.1 Å². The summed E-state index contributed by atoms with van der Waals surface area (Å²) in [5.74, 6) is -0.330. The van der Waals surface area contributed by atoms with Gasteiger partial charge in [-0.25, -0.2) is 13.6 Å². The summed E-state index contributed by atoms with van der Waals surface area (Å²) in [6, 6.07) is 2.69. The van der Waals surface area contributed by atoms with E-state index in [1.807, 2.05) is 5.32 Å². The highest BCUT2D eigenvalue weighted by atomic mass is 35.5. The molecule has 19 heavy (non-hydrogen) atoms. The third kappa shape index (κ3) is 5.64. The number of anilines is 1. The molecule has 0 fully saturated rings. The Hall–Kier alpha value is -1.70. The number of urea groups is 1. The molecule has 2 N–H and O–H groups in total. The minimum Gasteiger partial charge on any atom is -0.433 e. The van der Waals surface area contributed by atoms with Crippen LogP contribution in [0.5, 0.6) is 5.75 Å². The minimum absolute atomic E-state index is 0.0705. The average molecular weight is 301 g/mol. The second-order valence-corrected chi connectivity index (χ2v) is 3.66. The number of hydrogen-bond acceptors (Lipinski definition) is 2. The molecule has 0 bridgehead atoms. The fraction of sp³-hybridized carbons (Fsp3) is 0.300. The predicted octanol–water partition coefficient (Wildman–Crippen LogP) is 3.33. The van der Waals surface area contributed by atoms with Crippen molar-refractivity contribution >= 4 is 23.3 Å². The molecule has 0 aliphatic rings. The highest BCUT2D eigenvalue weighted by Crippen LogP contribution is 2.29. The number of rotatable bonds is 5. The summed E-state index contributed by atoms with van der Waals surface area (Å²) < 4.78 is 51.9. The van der Waals surface area contributed by atoms with Gasteiger partial charge in [-0.1, -0.05) is 11.6 Å². The zero-order valence-corrected chi connectivity index (χ0v) is 10.1. The van der Waals surface area contributed by atoms with Crippen LogP contribution in [0.25, 0.3) is 0 Å². The molecule has 1 aromatic carbocycles. The van der Waals surface area contributed by atoms with Crippen LogP contribution in [0, 0.1) is 0 Å². The van der Waals surface area contributed by atoms with Gasteiger partial charge in [0.05, 0.1) is 11.6 Å². The molecule has 0 saturated heterocycles. The monoisotopic (exact) mass is 300 g/mol. The maximum Gasteiger partial charge on any atom is 0.387 e. The third-order valence-electron chi connectivity index (χ3n) is 1.82. The van der Waals surface area contributed by atoms with Crippen molar-refractivity contribution in [2.45, 2.75) is 13.0 Å². The van der Waals surface area contributed by atoms with E-state index < -0.39 is 25.6 Å². The number of carbonyl (C=O) groups excluding carboxylic acids is 1. The lowest BCUT2D eigenvalue weighted by Crippen LogP contribution is -2.32. The van der Waals surface area contributed by atoms with Gasteiger partial charge in [-0.05, 0) is 12.1 Å². The Balaban J connectivity index is 2.66. The van der Waals surface area contributed by atoms with Crippen LogP contribution in [0.1, 0.15) is 0 Å². The molecule has 0 spiro atoms. The van der Waals surface area contributed by atoms with Crippen LogP contribution >= 0.6 is 11.6 Å². The molecule has 1 aromatic rings. The van der Waals surface area contributed by atoms with Gasteiger partial charge in [0.1, 0.15) is 5.75 Å². The average Bonchev–Trinajstić information content (AvgIpc) is 2.30. The van der Waals surface area contributed by atoms with Crippen LogP contribution in [0.3, 0.4) is 0 Å². The minimum atomic E-state index is -3.07. The standard InChI is InChI=1S/C10H9ClF4N2O2/c11-6-2-1-5(3-7(6)19-9(14)15)17-10(18)16-4-8(12)13/h1-3,8-9H,4H2,(H2,16,17,18). The Morgan fingerprint density at radius 2 is 2.00 bits per heavy atom. The van der Waals surface area contributed by atoms with Gasteiger partial charge in [0.2, 0.25) is 0 Å². The number of benzene rings is 1. The van der Waals surface area contributed by atoms with Crippen molar-refractivity contribution in [3.63, 3.8) is 0 Å². The quantitative estimate of drug-likeness (QED) is 0.820. The summed E-state index contributed by atoms with van der Waals surface area (Å²) >= 11 is 5.59. The van der Waals surface area contributed by atoms with Gasteiger partial charge in [0, 0.05) is 11.8 Å². The lowest BCUT2D eigenvalue weighted by Gasteiger charge is -2.10. The number of hydrogen-bond donors (Lipinski definition) is 2. The molecule has 0 atom stereocenters. The molecule has 9 heteroatoms. The predicted molar refractivity (Wildman–Crippen MR) is 61.1 cm³/mol. The van der Waals surface area contributed by atoms with Crippen LogP contribution in [-0.2, 0) is 0 Å². The molecule has 0 unspecified atom stereocenters.